The van der Waals surface area contributed by atoms with Crippen molar-refractivity contribution in [2.24, 2.45) is 11.7 Å². The van der Waals surface area contributed by atoms with Gasteiger partial charge in [0, 0.05) is 54.6 Å². The zero-order valence-corrected chi connectivity index (χ0v) is 51.8. The van der Waals surface area contributed by atoms with E-state index >= 15 is 0 Å². The predicted octanol–water partition coefficient (Wildman–Crippen LogP) is -7.24. The van der Waals surface area contributed by atoms with E-state index in [1.807, 2.05) is 10.6 Å². The number of nitrogens with one attached hydrogen (secondary N) is 5. The van der Waals surface area contributed by atoms with Crippen LogP contribution in [-0.2, 0) is 44.0 Å². The molecule has 3 saturated heterocycles. The topological polar surface area (TPSA) is 513 Å². The molecule has 0 bridgehead atoms. The minimum Gasteiger partial charge on any atom is -0.716 e. The van der Waals surface area contributed by atoms with Crippen molar-refractivity contribution in [1.29, 1.82) is 0 Å². The summed E-state index contributed by atoms with van der Waals surface area (Å²) in [4.78, 5) is 115. The van der Waals surface area contributed by atoms with Gasteiger partial charge in [-0.1, -0.05) is 50.0 Å². The maximum atomic E-state index is 14.7. The molecule has 3 fully saturated rings. The van der Waals surface area contributed by atoms with Crippen LogP contribution in [-0.4, -0.2) is 220 Å². The number of hydrogen-bond donors (Lipinski definition) is 15. The second kappa shape index (κ2) is 31.1. The molecular formula is C56H70N9NaO23S. The molecule has 34 heteroatoms. The van der Waals surface area contributed by atoms with E-state index in [9.17, 15) is 97.3 Å². The number of carbonyl (C=O) groups excluding carboxylic acids is 8. The zero-order chi connectivity index (χ0) is 65.3. The third-order valence-electron chi connectivity index (χ3n) is 15.2. The molecule has 16 N–H and O–H groups in total. The molecule has 4 heterocycles. The molecule has 3 aliphatic rings. The zero-order valence-electron chi connectivity index (χ0n) is 49.0. The van der Waals surface area contributed by atoms with Crippen molar-refractivity contribution in [1.82, 2.24) is 41.5 Å². The fourth-order valence-corrected chi connectivity index (χ4v) is 10.7. The maximum Gasteiger partial charge on any atom is 1.00 e. The average molecular weight is 1290 g/mol. The van der Waals surface area contributed by atoms with Crippen LogP contribution in [0.2, 0.25) is 0 Å². The monoisotopic (exact) mass is 1290 g/mol. The van der Waals surface area contributed by atoms with E-state index in [2.05, 4.69) is 32.2 Å². The van der Waals surface area contributed by atoms with Gasteiger partial charge in [0.05, 0.1) is 37.4 Å². The number of nitrogens with two attached hydrogens (primary N) is 1. The first kappa shape index (κ1) is 71.7. The predicted molar refractivity (Wildman–Crippen MR) is 302 cm³/mol. The van der Waals surface area contributed by atoms with Crippen molar-refractivity contribution < 1.29 is 140 Å². The van der Waals surface area contributed by atoms with E-state index in [0.29, 0.717) is 56.9 Å². The molecule has 0 saturated carbocycles. The molecule has 7 rings (SSSR count). The second-order valence-electron chi connectivity index (χ2n) is 21.9. The fourth-order valence-electron chi connectivity index (χ4n) is 10.3. The Kier molecular flexibility index (Phi) is 24.8. The van der Waals surface area contributed by atoms with Gasteiger partial charge in [0.1, 0.15) is 66.0 Å². The molecular weight excluding hydrogens is 1220 g/mol. The number of rotatable bonds is 18. The number of unbranched alkanes of at least 4 members (excludes halogenated alkanes) is 2. The Bertz CT molecular complexity index is 3340. The van der Waals surface area contributed by atoms with Gasteiger partial charge >= 0.3 is 29.6 Å². The standard InChI is InChI=1S/C56H71N9O23S.Na/c1-4-5-6-17-86-32-14-11-28(12-15-32)39-21-33(63-87-39)27-7-9-29(10-8-27)49(75)58-34-20-38(70)52(78)62-54(80)45-46(72)25(2)23-65(45)56(82)43(37(69)22-41(57)71)60-53(79)44(48(74)47(73)30-13-16-36(68)40(18-30)88-89(83,84)85)61-51(77)35-19-31(67)24-64(35)55(81)42(26(3)66)59-50(34)76;/h7-16,18,21,25-26,31,34-35,37-38,42-48,52,66-70,72-74,78H,4-6,17,19-20,22-24H2,1-3H3,(H2,57,71)(H,58,75)(H,59,76)(H,60,79)(H,61,77)(H,62,80)(H,83,84,85);/q;+1/p-1/t25-,26+,31+,34-,35-,37+,38+,42?,43?,44?,45-,46-,47-,48-,52+;/m0./s1. The minimum absolute atomic E-state index is 0. The summed E-state index contributed by atoms with van der Waals surface area (Å²) in [6, 6.07) is 3.38. The van der Waals surface area contributed by atoms with Gasteiger partial charge < -0.3 is 106 Å². The first-order chi connectivity index (χ1) is 42.0. The summed E-state index contributed by atoms with van der Waals surface area (Å²) in [5, 5.41) is 116. The largest absolute Gasteiger partial charge is 1.00 e. The average Bonchev–Trinajstić information content (AvgIpc) is 2.24. The van der Waals surface area contributed by atoms with Crippen LogP contribution in [0.1, 0.15) is 81.3 Å². The minimum atomic E-state index is -5.60. The molecule has 3 unspecified atom stereocenters. The number of nitrogens with zero attached hydrogens (tertiary/aromatic N) is 3. The summed E-state index contributed by atoms with van der Waals surface area (Å²) in [7, 11) is -5.60. The molecule has 90 heavy (non-hydrogen) atoms. The van der Waals surface area contributed by atoms with Crippen molar-refractivity contribution >= 4 is 57.7 Å². The van der Waals surface area contributed by atoms with E-state index in [-0.39, 0.29) is 35.1 Å². The van der Waals surface area contributed by atoms with E-state index in [4.69, 9.17) is 15.0 Å². The Hall–Kier alpha value is -7.38. The van der Waals surface area contributed by atoms with Crippen molar-refractivity contribution in [3.8, 4) is 39.8 Å². The summed E-state index contributed by atoms with van der Waals surface area (Å²) in [5.41, 5.74) is 6.13. The quantitative estimate of drug-likeness (QED) is 0.0190. The number of primary amides is 1. The smallest absolute Gasteiger partial charge is 0.716 e. The number of hydrogen-bond acceptors (Lipinski definition) is 24. The third-order valence-corrected chi connectivity index (χ3v) is 15.6. The van der Waals surface area contributed by atoms with Crippen LogP contribution in [0.5, 0.6) is 17.2 Å². The number of aliphatic hydroxyl groups excluding tert-OH is 8. The molecule has 8 amide bonds. The van der Waals surface area contributed by atoms with E-state index in [1.165, 1.54) is 31.2 Å². The number of phenols is 1. The first-order valence-corrected chi connectivity index (χ1v) is 29.4. The molecule has 4 aromatic rings. The van der Waals surface area contributed by atoms with Crippen LogP contribution >= 0.6 is 0 Å². The number of aromatic nitrogens is 1. The van der Waals surface area contributed by atoms with Crippen LogP contribution in [0.4, 0.5) is 0 Å². The molecule has 1 aromatic heterocycles. The molecule has 3 aromatic carbocycles. The van der Waals surface area contributed by atoms with Gasteiger partial charge in [0.15, 0.2) is 23.5 Å². The second-order valence-corrected chi connectivity index (χ2v) is 22.9. The van der Waals surface area contributed by atoms with Gasteiger partial charge in [0.25, 0.3) is 16.3 Å². The summed E-state index contributed by atoms with van der Waals surface area (Å²) in [5.74, 6) is -13.0. The van der Waals surface area contributed by atoms with Crippen LogP contribution < -0.4 is 70.8 Å². The number of benzene rings is 3. The Morgan fingerprint density at radius 1 is 0.800 bits per heavy atom. The number of phenolic OH excluding ortho intramolecular Hbond substituents is 1. The summed E-state index contributed by atoms with van der Waals surface area (Å²) in [6.45, 7) is 3.72. The van der Waals surface area contributed by atoms with Crippen molar-refractivity contribution in [3.63, 3.8) is 0 Å². The summed E-state index contributed by atoms with van der Waals surface area (Å²) >= 11 is 0. The van der Waals surface area contributed by atoms with Gasteiger partial charge in [-0.05, 0) is 67.4 Å². The molecule has 15 atom stereocenters. The SMILES string of the molecule is CCCCCOc1ccc(-c2cc(-c3ccc(C(=O)N[C@H]4C[C@@H](O)[C@@H](O)NC(=O)[C@@H]5[C@@H](O)[C@@H](C)CN5C(=O)C([C@H](O)CC(N)=O)NC(=O)C([C@H](O)[C@@H](O)c5ccc(O)c(OS(=O)(=O)[O-])c5)NC(=O)[C@@H]5C[C@@H](O)CN5C(=O)C([C@@H](C)O)NC4=O)cc3)no2)cc1.[Na+]. The van der Waals surface area contributed by atoms with Crippen LogP contribution in [0, 0.1) is 5.92 Å². The Morgan fingerprint density at radius 3 is 2.07 bits per heavy atom. The molecule has 0 aliphatic carbocycles. The Balaban J connectivity index is 0.0000129. The van der Waals surface area contributed by atoms with Gasteiger partial charge in [-0.25, -0.2) is 8.42 Å². The van der Waals surface area contributed by atoms with Gasteiger partial charge in [0.2, 0.25) is 41.4 Å². The number of ether oxygens (including phenoxy) is 1. The van der Waals surface area contributed by atoms with Crippen LogP contribution in [0.3, 0.4) is 0 Å². The number of aliphatic hydroxyl groups is 8. The Morgan fingerprint density at radius 2 is 1.43 bits per heavy atom. The summed E-state index contributed by atoms with van der Waals surface area (Å²) in [6.07, 6.45) is -17.3. The van der Waals surface area contributed by atoms with E-state index in [0.717, 1.165) is 32.3 Å². The maximum absolute atomic E-state index is 14.7. The van der Waals surface area contributed by atoms with Crippen molar-refractivity contribution in [2.45, 2.75) is 145 Å². The van der Waals surface area contributed by atoms with E-state index < -0.39 is 198 Å². The van der Waals surface area contributed by atoms with Gasteiger partial charge in [-0.15, -0.1) is 0 Å². The van der Waals surface area contributed by atoms with Crippen LogP contribution in [0.15, 0.2) is 77.3 Å². The fraction of sp³-hybridized carbons (Fsp3) is 0.482. The van der Waals surface area contributed by atoms with E-state index in [1.54, 1.807) is 30.3 Å². The molecule has 0 spiro atoms. The normalized spacial score (nSPS) is 26.2. The number of carbonyl (C=O) groups is 8. The molecule has 484 valence electrons. The summed E-state index contributed by atoms with van der Waals surface area (Å²) < 4.78 is 49.9. The third kappa shape index (κ3) is 17.8. The number of amides is 8. The van der Waals surface area contributed by atoms with Crippen molar-refractivity contribution in [2.75, 3.05) is 19.7 Å². The van der Waals surface area contributed by atoms with Gasteiger partial charge in [-0.2, -0.15) is 0 Å². The molecule has 0 radical (unpaired) electrons. The number of fused-ring (bicyclic) bond motifs is 2. The molecule has 32 nitrogen and oxygen atoms in total. The first-order valence-electron chi connectivity index (χ1n) is 28.1. The Labute approximate surface area is 536 Å². The number of aromatic hydroxyl groups is 1. The van der Waals surface area contributed by atoms with Gasteiger partial charge in [-0.3, -0.25) is 38.4 Å². The van der Waals surface area contributed by atoms with Crippen molar-refractivity contribution in [3.05, 3.63) is 83.9 Å². The molecule has 3 aliphatic heterocycles. The van der Waals surface area contributed by atoms with Crippen LogP contribution in [0.25, 0.3) is 22.6 Å².